The molecule has 0 spiro atoms. The Morgan fingerprint density at radius 2 is 2.00 bits per heavy atom. The molecule has 2 aromatic carbocycles. The van der Waals surface area contributed by atoms with Crippen LogP contribution in [0, 0.1) is 0 Å². The second-order valence-corrected chi connectivity index (χ2v) is 4.51. The Labute approximate surface area is 118 Å². The first-order valence-electron chi connectivity index (χ1n) is 6.70. The average Bonchev–Trinajstić information content (AvgIpc) is 2.47. The topological polar surface area (TPSA) is 46.5 Å². The predicted molar refractivity (Wildman–Crippen MR) is 80.2 cm³/mol. The van der Waals surface area contributed by atoms with Crippen LogP contribution < -0.4 is 0 Å². The van der Waals surface area contributed by atoms with Crippen molar-refractivity contribution in [3.05, 3.63) is 54.1 Å². The van der Waals surface area contributed by atoms with Gasteiger partial charge in [0.15, 0.2) is 6.10 Å². The van der Waals surface area contributed by atoms with Crippen LogP contribution in [0.25, 0.3) is 16.8 Å². The molecule has 104 valence electrons. The third-order valence-corrected chi connectivity index (χ3v) is 3.00. The predicted octanol–water partition coefficient (Wildman–Crippen LogP) is 3.17. The highest BCUT2D eigenvalue weighted by molar-refractivity contribution is 5.84. The summed E-state index contributed by atoms with van der Waals surface area (Å²) in [7, 11) is 0. The summed E-state index contributed by atoms with van der Waals surface area (Å²) < 4.78 is 4.74. The standard InChI is InChI=1S/C17H18O3/c1-2-20-17(19)16(18)9-5-6-13-10-11-14-7-3-4-8-15(14)12-13/h3-8,10-12,16,18H,2,9H2,1H3/b6-5-. The summed E-state index contributed by atoms with van der Waals surface area (Å²) in [6.07, 6.45) is 2.85. The summed E-state index contributed by atoms with van der Waals surface area (Å²) in [6, 6.07) is 14.3. The highest BCUT2D eigenvalue weighted by Crippen LogP contribution is 2.16. The lowest BCUT2D eigenvalue weighted by molar-refractivity contribution is -0.152. The van der Waals surface area contributed by atoms with Crippen LogP contribution in [0.15, 0.2) is 48.5 Å². The van der Waals surface area contributed by atoms with Crippen LogP contribution in [0.4, 0.5) is 0 Å². The third-order valence-electron chi connectivity index (χ3n) is 3.00. The molecule has 0 aliphatic carbocycles. The number of benzene rings is 2. The maximum Gasteiger partial charge on any atom is 0.335 e. The Kier molecular flexibility index (Phi) is 4.91. The molecule has 0 amide bonds. The molecule has 2 rings (SSSR count). The number of esters is 1. The number of hydrogen-bond donors (Lipinski definition) is 1. The monoisotopic (exact) mass is 270 g/mol. The molecule has 1 atom stereocenters. The van der Waals surface area contributed by atoms with Crippen molar-refractivity contribution >= 4 is 22.8 Å². The quantitative estimate of drug-likeness (QED) is 0.849. The molecule has 1 unspecified atom stereocenters. The van der Waals surface area contributed by atoms with Crippen molar-refractivity contribution in [2.24, 2.45) is 0 Å². The SMILES string of the molecule is CCOC(=O)C(O)C/C=C\c1ccc2ccccc2c1. The summed E-state index contributed by atoms with van der Waals surface area (Å²) in [5.74, 6) is -0.573. The number of fused-ring (bicyclic) bond motifs is 1. The van der Waals surface area contributed by atoms with E-state index < -0.39 is 12.1 Å². The van der Waals surface area contributed by atoms with Gasteiger partial charge in [-0.2, -0.15) is 0 Å². The van der Waals surface area contributed by atoms with E-state index in [1.54, 1.807) is 13.0 Å². The molecule has 0 fully saturated rings. The molecule has 0 aliphatic rings. The fourth-order valence-corrected chi connectivity index (χ4v) is 1.98. The van der Waals surface area contributed by atoms with E-state index in [9.17, 15) is 9.90 Å². The first-order valence-corrected chi connectivity index (χ1v) is 6.70. The van der Waals surface area contributed by atoms with Gasteiger partial charge in [-0.3, -0.25) is 0 Å². The van der Waals surface area contributed by atoms with Gasteiger partial charge in [0.1, 0.15) is 0 Å². The summed E-state index contributed by atoms with van der Waals surface area (Å²) >= 11 is 0. The fourth-order valence-electron chi connectivity index (χ4n) is 1.98. The maximum absolute atomic E-state index is 11.3. The van der Waals surface area contributed by atoms with Gasteiger partial charge >= 0.3 is 5.97 Å². The lowest BCUT2D eigenvalue weighted by atomic mass is 10.1. The molecule has 0 bridgehead atoms. The van der Waals surface area contributed by atoms with E-state index in [1.165, 1.54) is 10.8 Å². The zero-order valence-corrected chi connectivity index (χ0v) is 11.5. The molecule has 3 heteroatoms. The number of aliphatic hydroxyl groups excluding tert-OH is 1. The second kappa shape index (κ2) is 6.87. The molecule has 2 aromatic rings. The van der Waals surface area contributed by atoms with Crippen LogP contribution in [0.3, 0.4) is 0 Å². The van der Waals surface area contributed by atoms with Crippen molar-refractivity contribution in [1.29, 1.82) is 0 Å². The minimum atomic E-state index is -1.09. The van der Waals surface area contributed by atoms with Crippen LogP contribution in [-0.4, -0.2) is 23.8 Å². The number of rotatable bonds is 5. The van der Waals surface area contributed by atoms with E-state index in [1.807, 2.05) is 24.3 Å². The molecule has 0 saturated carbocycles. The minimum Gasteiger partial charge on any atom is -0.464 e. The number of ether oxygens (including phenoxy) is 1. The number of aliphatic hydroxyl groups is 1. The van der Waals surface area contributed by atoms with Crippen molar-refractivity contribution in [2.75, 3.05) is 6.61 Å². The van der Waals surface area contributed by atoms with E-state index in [4.69, 9.17) is 4.74 Å². The summed E-state index contributed by atoms with van der Waals surface area (Å²) in [5.41, 5.74) is 1.04. The largest absolute Gasteiger partial charge is 0.464 e. The fraction of sp³-hybridized carbons (Fsp3) is 0.235. The lowest BCUT2D eigenvalue weighted by Crippen LogP contribution is -2.22. The first kappa shape index (κ1) is 14.3. The van der Waals surface area contributed by atoms with Crippen LogP contribution >= 0.6 is 0 Å². The van der Waals surface area contributed by atoms with Crippen LogP contribution in [0.1, 0.15) is 18.9 Å². The number of hydrogen-bond acceptors (Lipinski definition) is 3. The van der Waals surface area contributed by atoms with Crippen LogP contribution in [0.5, 0.6) is 0 Å². The van der Waals surface area contributed by atoms with Gasteiger partial charge in [-0.1, -0.05) is 48.6 Å². The Hall–Kier alpha value is -2.13. The molecule has 1 N–H and O–H groups in total. The molecule has 3 nitrogen and oxygen atoms in total. The Balaban J connectivity index is 2.01. The molecular weight excluding hydrogens is 252 g/mol. The number of carbonyl (C=O) groups is 1. The van der Waals surface area contributed by atoms with Gasteiger partial charge in [0.2, 0.25) is 0 Å². The number of carbonyl (C=O) groups excluding carboxylic acids is 1. The van der Waals surface area contributed by atoms with Crippen LogP contribution in [0.2, 0.25) is 0 Å². The molecule has 0 aromatic heterocycles. The van der Waals surface area contributed by atoms with Gasteiger partial charge in [-0.25, -0.2) is 4.79 Å². The molecule has 20 heavy (non-hydrogen) atoms. The zero-order chi connectivity index (χ0) is 14.4. The van der Waals surface area contributed by atoms with Gasteiger partial charge in [0.05, 0.1) is 6.61 Å². The molecule has 0 aliphatic heterocycles. The van der Waals surface area contributed by atoms with Gasteiger partial charge in [-0.15, -0.1) is 0 Å². The van der Waals surface area contributed by atoms with Gasteiger partial charge < -0.3 is 9.84 Å². The first-order chi connectivity index (χ1) is 9.70. The van der Waals surface area contributed by atoms with E-state index in [2.05, 4.69) is 24.3 Å². The summed E-state index contributed by atoms with van der Waals surface area (Å²) in [4.78, 5) is 11.3. The smallest absolute Gasteiger partial charge is 0.335 e. The Bertz CT molecular complexity index is 616. The lowest BCUT2D eigenvalue weighted by Gasteiger charge is -2.06. The zero-order valence-electron chi connectivity index (χ0n) is 11.5. The molecule has 0 radical (unpaired) electrons. The van der Waals surface area contributed by atoms with Crippen LogP contribution in [-0.2, 0) is 9.53 Å². The Morgan fingerprint density at radius 1 is 1.25 bits per heavy atom. The Morgan fingerprint density at radius 3 is 2.75 bits per heavy atom. The van der Waals surface area contributed by atoms with Crippen molar-refractivity contribution < 1.29 is 14.6 Å². The van der Waals surface area contributed by atoms with E-state index in [0.717, 1.165) is 5.56 Å². The van der Waals surface area contributed by atoms with Gasteiger partial charge in [-0.05, 0) is 29.3 Å². The van der Waals surface area contributed by atoms with Crippen molar-refractivity contribution in [3.63, 3.8) is 0 Å². The van der Waals surface area contributed by atoms with Crippen molar-refractivity contribution in [2.45, 2.75) is 19.4 Å². The summed E-state index contributed by atoms with van der Waals surface area (Å²) in [5, 5.41) is 11.9. The highest BCUT2D eigenvalue weighted by Gasteiger charge is 2.13. The van der Waals surface area contributed by atoms with E-state index >= 15 is 0 Å². The van der Waals surface area contributed by atoms with Crippen molar-refractivity contribution in [3.8, 4) is 0 Å². The molecular formula is C17H18O3. The molecule has 0 saturated heterocycles. The average molecular weight is 270 g/mol. The second-order valence-electron chi connectivity index (χ2n) is 4.51. The van der Waals surface area contributed by atoms with E-state index in [-0.39, 0.29) is 13.0 Å². The van der Waals surface area contributed by atoms with Gasteiger partial charge in [0.25, 0.3) is 0 Å². The highest BCUT2D eigenvalue weighted by atomic mass is 16.5. The van der Waals surface area contributed by atoms with Crippen molar-refractivity contribution in [1.82, 2.24) is 0 Å². The third kappa shape index (κ3) is 3.68. The summed E-state index contributed by atoms with van der Waals surface area (Å²) in [6.45, 7) is 2.00. The van der Waals surface area contributed by atoms with E-state index in [0.29, 0.717) is 0 Å². The minimum absolute atomic E-state index is 0.256. The molecule has 0 heterocycles. The maximum atomic E-state index is 11.3. The normalized spacial score (nSPS) is 12.7. The van der Waals surface area contributed by atoms with Gasteiger partial charge in [0, 0.05) is 6.42 Å².